The molecule has 0 radical (unpaired) electrons. The van der Waals surface area contributed by atoms with Crippen molar-refractivity contribution in [3.63, 3.8) is 0 Å². The zero-order valence-electron chi connectivity index (χ0n) is 15.4. The second kappa shape index (κ2) is 7.76. The fraction of sp³-hybridized carbons (Fsp3) is 0.273. The van der Waals surface area contributed by atoms with Gasteiger partial charge in [-0.1, -0.05) is 65.8 Å². The van der Waals surface area contributed by atoms with Crippen molar-refractivity contribution >= 4 is 5.91 Å². The smallest absolute Gasteiger partial charge is 0.260 e. The molecule has 0 saturated carbocycles. The predicted octanol–water partition coefficient (Wildman–Crippen LogP) is 3.31. The van der Waals surface area contributed by atoms with Crippen molar-refractivity contribution in [1.82, 2.24) is 15.4 Å². The number of hydrogen-bond donors (Lipinski definition) is 1. The Labute approximate surface area is 159 Å². The van der Waals surface area contributed by atoms with Gasteiger partial charge in [0.05, 0.1) is 5.69 Å². The maximum Gasteiger partial charge on any atom is 0.260 e. The van der Waals surface area contributed by atoms with Crippen LogP contribution in [0.5, 0.6) is 0 Å². The van der Waals surface area contributed by atoms with Gasteiger partial charge in [0, 0.05) is 31.2 Å². The molecule has 5 nitrogen and oxygen atoms in total. The molecule has 2 heterocycles. The highest BCUT2D eigenvalue weighted by Crippen LogP contribution is 2.28. The molecule has 1 unspecified atom stereocenters. The van der Waals surface area contributed by atoms with Crippen LogP contribution in [0.2, 0.25) is 0 Å². The minimum Gasteiger partial charge on any atom is -0.355 e. The van der Waals surface area contributed by atoms with Gasteiger partial charge in [-0.3, -0.25) is 4.79 Å². The van der Waals surface area contributed by atoms with E-state index in [4.69, 9.17) is 4.52 Å². The first-order valence-electron chi connectivity index (χ1n) is 9.31. The zero-order valence-corrected chi connectivity index (χ0v) is 15.4. The summed E-state index contributed by atoms with van der Waals surface area (Å²) in [5, 5.41) is 7.49. The zero-order chi connectivity index (χ0) is 18.6. The molecule has 1 N–H and O–H groups in total. The molecule has 0 bridgehead atoms. The Morgan fingerprint density at radius 3 is 2.59 bits per heavy atom. The summed E-state index contributed by atoms with van der Waals surface area (Å²) in [6.45, 7) is 4.08. The second-order valence-corrected chi connectivity index (χ2v) is 6.88. The number of nitrogens with one attached hydrogen (secondary N) is 1. The summed E-state index contributed by atoms with van der Waals surface area (Å²) in [5.41, 5.74) is 3.31. The van der Waals surface area contributed by atoms with Gasteiger partial charge in [-0.2, -0.15) is 0 Å². The molecule has 4 rings (SSSR count). The number of aryl methyl sites for hydroxylation is 1. The summed E-state index contributed by atoms with van der Waals surface area (Å²) < 4.78 is 5.53. The van der Waals surface area contributed by atoms with Crippen LogP contribution in [-0.2, 0) is 6.42 Å². The molecule has 1 aliphatic rings. The van der Waals surface area contributed by atoms with E-state index in [2.05, 4.69) is 22.6 Å². The van der Waals surface area contributed by atoms with E-state index in [0.29, 0.717) is 23.6 Å². The third-order valence-electron chi connectivity index (χ3n) is 5.04. The molecule has 27 heavy (non-hydrogen) atoms. The lowest BCUT2D eigenvalue weighted by molar-refractivity contribution is 0.0635. The van der Waals surface area contributed by atoms with Gasteiger partial charge in [0.15, 0.2) is 5.76 Å². The van der Waals surface area contributed by atoms with E-state index >= 15 is 0 Å². The number of hydrogen-bond acceptors (Lipinski definition) is 4. The van der Waals surface area contributed by atoms with Crippen LogP contribution in [0.25, 0.3) is 11.3 Å². The van der Waals surface area contributed by atoms with Gasteiger partial charge in [0.1, 0.15) is 5.56 Å². The molecular formula is C22H23N3O2. The fourth-order valence-electron chi connectivity index (χ4n) is 3.65. The van der Waals surface area contributed by atoms with Gasteiger partial charge < -0.3 is 14.7 Å². The molecular weight excluding hydrogens is 338 g/mol. The topological polar surface area (TPSA) is 58.4 Å². The van der Waals surface area contributed by atoms with Gasteiger partial charge >= 0.3 is 0 Å². The fourth-order valence-corrected chi connectivity index (χ4v) is 3.65. The minimum absolute atomic E-state index is 0.00460. The number of piperazine rings is 1. The Bertz CT molecular complexity index is 906. The lowest BCUT2D eigenvalue weighted by atomic mass is 10.0. The average Bonchev–Trinajstić information content (AvgIpc) is 3.11. The SMILES string of the molecule is Cc1noc(-c2ccccc2)c1C(=O)N1CCNCC1Cc1ccccc1. The first-order valence-corrected chi connectivity index (χ1v) is 9.31. The minimum atomic E-state index is -0.00460. The van der Waals surface area contributed by atoms with E-state index in [1.807, 2.05) is 60.4 Å². The number of carbonyl (C=O) groups excluding carboxylic acids is 1. The summed E-state index contributed by atoms with van der Waals surface area (Å²) in [7, 11) is 0. The second-order valence-electron chi connectivity index (χ2n) is 6.88. The summed E-state index contributed by atoms with van der Waals surface area (Å²) in [5.74, 6) is 0.546. The summed E-state index contributed by atoms with van der Waals surface area (Å²) >= 11 is 0. The third kappa shape index (κ3) is 3.64. The highest BCUT2D eigenvalue weighted by molar-refractivity contribution is 6.00. The van der Waals surface area contributed by atoms with Gasteiger partial charge in [0.2, 0.25) is 0 Å². The standard InChI is InChI=1S/C22H23N3O2/c1-16-20(21(27-24-16)18-10-6-3-7-11-18)22(26)25-13-12-23-15-19(25)14-17-8-4-2-5-9-17/h2-11,19,23H,12-15H2,1H3. The van der Waals surface area contributed by atoms with Gasteiger partial charge in [0.25, 0.3) is 5.91 Å². The van der Waals surface area contributed by atoms with Crippen molar-refractivity contribution in [2.24, 2.45) is 0 Å². The van der Waals surface area contributed by atoms with E-state index in [1.165, 1.54) is 5.56 Å². The maximum atomic E-state index is 13.5. The number of amides is 1. The molecule has 1 aliphatic heterocycles. The molecule has 0 aliphatic carbocycles. The lowest BCUT2D eigenvalue weighted by Crippen LogP contribution is -2.54. The molecule has 0 spiro atoms. The quantitative estimate of drug-likeness (QED) is 0.775. The van der Waals surface area contributed by atoms with Crippen molar-refractivity contribution < 1.29 is 9.32 Å². The van der Waals surface area contributed by atoms with Gasteiger partial charge in [-0.05, 0) is 18.9 Å². The monoisotopic (exact) mass is 361 g/mol. The molecule has 1 atom stereocenters. The Morgan fingerprint density at radius 2 is 1.85 bits per heavy atom. The molecule has 1 saturated heterocycles. The van der Waals surface area contributed by atoms with Crippen LogP contribution in [0, 0.1) is 6.92 Å². The predicted molar refractivity (Wildman–Crippen MR) is 105 cm³/mol. The number of nitrogens with zero attached hydrogens (tertiary/aromatic N) is 2. The van der Waals surface area contributed by atoms with Crippen molar-refractivity contribution in [2.45, 2.75) is 19.4 Å². The first kappa shape index (κ1) is 17.5. The highest BCUT2D eigenvalue weighted by Gasteiger charge is 2.32. The molecule has 1 fully saturated rings. The van der Waals surface area contributed by atoms with Crippen molar-refractivity contribution in [1.29, 1.82) is 0 Å². The largest absolute Gasteiger partial charge is 0.355 e. The molecule has 3 aromatic rings. The van der Waals surface area contributed by atoms with Crippen molar-refractivity contribution in [2.75, 3.05) is 19.6 Å². The van der Waals surface area contributed by atoms with E-state index in [-0.39, 0.29) is 11.9 Å². The Kier molecular flexibility index (Phi) is 5.03. The van der Waals surface area contributed by atoms with Gasteiger partial charge in [-0.15, -0.1) is 0 Å². The lowest BCUT2D eigenvalue weighted by Gasteiger charge is -2.36. The maximum absolute atomic E-state index is 13.5. The molecule has 2 aromatic carbocycles. The van der Waals surface area contributed by atoms with E-state index in [0.717, 1.165) is 25.1 Å². The third-order valence-corrected chi connectivity index (χ3v) is 5.04. The molecule has 138 valence electrons. The summed E-state index contributed by atoms with van der Waals surface area (Å²) in [6.07, 6.45) is 0.824. The number of rotatable bonds is 4. The average molecular weight is 361 g/mol. The van der Waals surface area contributed by atoms with Crippen molar-refractivity contribution in [3.05, 3.63) is 77.5 Å². The van der Waals surface area contributed by atoms with E-state index < -0.39 is 0 Å². The molecule has 1 amide bonds. The number of aromatic nitrogens is 1. The number of benzene rings is 2. The van der Waals surface area contributed by atoms with Crippen LogP contribution in [0.3, 0.4) is 0 Å². The van der Waals surface area contributed by atoms with Gasteiger partial charge in [-0.25, -0.2) is 0 Å². The van der Waals surface area contributed by atoms with E-state index in [9.17, 15) is 4.79 Å². The van der Waals surface area contributed by atoms with Crippen LogP contribution in [0.4, 0.5) is 0 Å². The normalized spacial score (nSPS) is 17.1. The first-order chi connectivity index (χ1) is 13.2. The Morgan fingerprint density at radius 1 is 1.15 bits per heavy atom. The van der Waals surface area contributed by atoms with Crippen LogP contribution in [0.15, 0.2) is 65.2 Å². The van der Waals surface area contributed by atoms with Crippen LogP contribution in [-0.4, -0.2) is 41.6 Å². The summed E-state index contributed by atoms with van der Waals surface area (Å²) in [4.78, 5) is 15.4. The Hall–Kier alpha value is -2.92. The van der Waals surface area contributed by atoms with Crippen LogP contribution >= 0.6 is 0 Å². The molecule has 1 aromatic heterocycles. The number of carbonyl (C=O) groups is 1. The van der Waals surface area contributed by atoms with Crippen LogP contribution < -0.4 is 5.32 Å². The Balaban J connectivity index is 1.64. The van der Waals surface area contributed by atoms with E-state index in [1.54, 1.807) is 0 Å². The highest BCUT2D eigenvalue weighted by atomic mass is 16.5. The van der Waals surface area contributed by atoms with Crippen molar-refractivity contribution in [3.8, 4) is 11.3 Å². The summed E-state index contributed by atoms with van der Waals surface area (Å²) in [6, 6.07) is 20.1. The molecule has 5 heteroatoms. The van der Waals surface area contributed by atoms with Crippen LogP contribution in [0.1, 0.15) is 21.6 Å².